The minimum Gasteiger partial charge on any atom is -0.460 e. The van der Waals surface area contributed by atoms with E-state index >= 15 is 0 Å². The van der Waals surface area contributed by atoms with Crippen LogP contribution in [0.25, 0.3) is 0 Å². The van der Waals surface area contributed by atoms with Crippen LogP contribution in [0.4, 0.5) is 0 Å². The maximum Gasteiger partial charge on any atom is 0.379 e. The molecule has 0 radical (unpaired) electrons. The van der Waals surface area contributed by atoms with Gasteiger partial charge in [-0.2, -0.15) is 0 Å². The number of rotatable bonds is 4. The summed E-state index contributed by atoms with van der Waals surface area (Å²) in [4.78, 5) is 23.8. The molecule has 3 nitrogen and oxygen atoms in total. The maximum atomic E-state index is 11.6. The van der Waals surface area contributed by atoms with Crippen molar-refractivity contribution < 1.29 is 14.3 Å². The zero-order valence-corrected chi connectivity index (χ0v) is 11.4. The molecule has 0 aliphatic carbocycles. The number of benzene rings is 1. The Hall–Kier alpha value is -0.810. The van der Waals surface area contributed by atoms with Crippen LogP contribution in [0.1, 0.15) is 17.3 Å². The van der Waals surface area contributed by atoms with Gasteiger partial charge in [0.15, 0.2) is 0 Å². The highest BCUT2D eigenvalue weighted by molar-refractivity contribution is 9.10. The van der Waals surface area contributed by atoms with Gasteiger partial charge in [0.25, 0.3) is 5.78 Å². The number of esters is 1. The summed E-state index contributed by atoms with van der Waals surface area (Å²) < 4.78 is 5.45. The van der Waals surface area contributed by atoms with E-state index in [2.05, 4.69) is 20.7 Å². The number of carbonyl (C=O) groups excluding carboxylic acids is 2. The van der Waals surface area contributed by atoms with Crippen LogP contribution < -0.4 is 0 Å². The second kappa shape index (κ2) is 6.06. The van der Waals surface area contributed by atoms with Gasteiger partial charge >= 0.3 is 5.97 Å². The minimum atomic E-state index is -0.814. The van der Waals surface area contributed by atoms with Crippen LogP contribution in [-0.2, 0) is 9.53 Å². The molecule has 0 saturated heterocycles. The Bertz CT molecular complexity index is 418. The lowest BCUT2D eigenvalue weighted by atomic mass is 10.1. The molecule has 0 atom stereocenters. The van der Waals surface area contributed by atoms with E-state index in [4.69, 9.17) is 0 Å². The first-order valence-electron chi connectivity index (χ1n) is 4.65. The number of Topliss-reactive ketones (excluding diaryl/α,β-unsaturated/α-hetero) is 1. The third-order valence-electron chi connectivity index (χ3n) is 1.87. The summed E-state index contributed by atoms with van der Waals surface area (Å²) >= 11 is 4.90. The lowest BCUT2D eigenvalue weighted by Gasteiger charge is -2.04. The van der Waals surface area contributed by atoms with Crippen LogP contribution >= 0.6 is 27.7 Å². The van der Waals surface area contributed by atoms with Crippen molar-refractivity contribution in [1.29, 1.82) is 0 Å². The maximum absolute atomic E-state index is 11.6. The molecule has 1 aromatic rings. The van der Waals surface area contributed by atoms with Crippen LogP contribution in [0, 0.1) is 0 Å². The molecule has 0 unspecified atom stereocenters. The third-order valence-corrected chi connectivity index (χ3v) is 3.59. The molecule has 0 aliphatic heterocycles. The van der Waals surface area contributed by atoms with Gasteiger partial charge in [0.2, 0.25) is 0 Å². The highest BCUT2D eigenvalue weighted by Gasteiger charge is 2.18. The molecule has 0 saturated carbocycles. The zero-order chi connectivity index (χ0) is 12.1. The largest absolute Gasteiger partial charge is 0.460 e. The van der Waals surface area contributed by atoms with Gasteiger partial charge in [0.05, 0.1) is 6.61 Å². The molecule has 5 heteroatoms. The quantitative estimate of drug-likeness (QED) is 0.371. The van der Waals surface area contributed by atoms with Gasteiger partial charge in [-0.25, -0.2) is 4.79 Å². The lowest BCUT2D eigenvalue weighted by Crippen LogP contribution is -2.17. The summed E-state index contributed by atoms with van der Waals surface area (Å²) in [5.74, 6) is -1.43. The van der Waals surface area contributed by atoms with Crippen molar-refractivity contribution in [3.05, 3.63) is 28.2 Å². The normalized spacial score (nSPS) is 9.94. The first kappa shape index (κ1) is 13.3. The average molecular weight is 303 g/mol. The molecule has 16 heavy (non-hydrogen) atoms. The Morgan fingerprint density at radius 1 is 1.44 bits per heavy atom. The lowest BCUT2D eigenvalue weighted by molar-refractivity contribution is -0.137. The van der Waals surface area contributed by atoms with Crippen molar-refractivity contribution in [1.82, 2.24) is 0 Å². The van der Waals surface area contributed by atoms with E-state index in [1.54, 1.807) is 36.9 Å². The van der Waals surface area contributed by atoms with Crippen molar-refractivity contribution in [2.75, 3.05) is 12.9 Å². The van der Waals surface area contributed by atoms with Crippen molar-refractivity contribution in [3.63, 3.8) is 0 Å². The smallest absolute Gasteiger partial charge is 0.379 e. The Kier molecular flexibility index (Phi) is 5.02. The molecular formula is C11H11BrO3S. The highest BCUT2D eigenvalue weighted by Crippen LogP contribution is 2.26. The fourth-order valence-corrected chi connectivity index (χ4v) is 2.44. The summed E-state index contributed by atoms with van der Waals surface area (Å²) in [6.07, 6.45) is 1.94. The van der Waals surface area contributed by atoms with Crippen molar-refractivity contribution in [2.24, 2.45) is 0 Å². The number of halogens is 1. The number of ketones is 1. The van der Waals surface area contributed by atoms with E-state index in [0.29, 0.717) is 5.56 Å². The monoisotopic (exact) mass is 302 g/mol. The Balaban J connectivity index is 2.93. The summed E-state index contributed by atoms with van der Waals surface area (Å²) in [6.45, 7) is 1.87. The Morgan fingerprint density at radius 2 is 2.12 bits per heavy atom. The Morgan fingerprint density at radius 3 is 2.62 bits per heavy atom. The van der Waals surface area contributed by atoms with E-state index in [1.807, 2.05) is 6.26 Å². The molecule has 0 amide bonds. The number of hydrogen-bond donors (Lipinski definition) is 0. The molecule has 0 aliphatic rings. The van der Waals surface area contributed by atoms with Crippen molar-refractivity contribution in [2.45, 2.75) is 11.8 Å². The summed E-state index contributed by atoms with van der Waals surface area (Å²) in [6, 6.07) is 5.04. The van der Waals surface area contributed by atoms with Crippen LogP contribution in [0.3, 0.4) is 0 Å². The van der Waals surface area contributed by atoms with E-state index in [-0.39, 0.29) is 6.61 Å². The predicted molar refractivity (Wildman–Crippen MR) is 66.9 cm³/mol. The van der Waals surface area contributed by atoms with Crippen LogP contribution in [0.15, 0.2) is 27.6 Å². The molecular weight excluding hydrogens is 292 g/mol. The molecule has 0 aromatic heterocycles. The molecule has 1 rings (SSSR count). The highest BCUT2D eigenvalue weighted by atomic mass is 79.9. The van der Waals surface area contributed by atoms with Crippen LogP contribution in [-0.4, -0.2) is 24.6 Å². The van der Waals surface area contributed by atoms with Gasteiger partial charge in [-0.1, -0.05) is 0 Å². The first-order chi connectivity index (χ1) is 7.60. The second-order valence-electron chi connectivity index (χ2n) is 2.90. The van der Waals surface area contributed by atoms with Gasteiger partial charge in [0, 0.05) is 14.9 Å². The molecule has 0 heterocycles. The van der Waals surface area contributed by atoms with E-state index in [0.717, 1.165) is 9.37 Å². The topological polar surface area (TPSA) is 43.4 Å². The summed E-state index contributed by atoms with van der Waals surface area (Å²) in [5, 5.41) is 0. The minimum absolute atomic E-state index is 0.203. The molecule has 0 N–H and O–H groups in total. The van der Waals surface area contributed by atoms with E-state index in [9.17, 15) is 9.59 Å². The van der Waals surface area contributed by atoms with Gasteiger partial charge in [0.1, 0.15) is 0 Å². The molecule has 0 spiro atoms. The Labute approximate surface area is 107 Å². The van der Waals surface area contributed by atoms with E-state index < -0.39 is 11.8 Å². The summed E-state index contributed by atoms with van der Waals surface area (Å²) in [5.41, 5.74) is 0.336. The standard InChI is InChI=1S/C11H11BrO3S/c1-3-15-11(14)10(13)7-4-5-9(16-2)8(12)6-7/h4-6H,3H2,1-2H3. The predicted octanol–water partition coefficient (Wildman–Crippen LogP) is 2.92. The van der Waals surface area contributed by atoms with Gasteiger partial charge in [-0.3, -0.25) is 4.79 Å². The number of carbonyl (C=O) groups is 2. The van der Waals surface area contributed by atoms with E-state index in [1.165, 1.54) is 0 Å². The summed E-state index contributed by atoms with van der Waals surface area (Å²) in [7, 11) is 0. The number of thioether (sulfide) groups is 1. The third kappa shape index (κ3) is 3.09. The molecule has 86 valence electrons. The van der Waals surface area contributed by atoms with Crippen molar-refractivity contribution in [3.8, 4) is 0 Å². The first-order valence-corrected chi connectivity index (χ1v) is 6.67. The zero-order valence-electron chi connectivity index (χ0n) is 8.95. The van der Waals surface area contributed by atoms with Gasteiger partial charge in [-0.15, -0.1) is 11.8 Å². The molecule has 0 bridgehead atoms. The second-order valence-corrected chi connectivity index (χ2v) is 4.60. The number of hydrogen-bond acceptors (Lipinski definition) is 4. The fourth-order valence-electron chi connectivity index (χ4n) is 1.12. The average Bonchev–Trinajstić information content (AvgIpc) is 2.28. The van der Waals surface area contributed by atoms with Crippen LogP contribution in [0.2, 0.25) is 0 Å². The van der Waals surface area contributed by atoms with Crippen molar-refractivity contribution >= 4 is 39.4 Å². The SMILES string of the molecule is CCOC(=O)C(=O)c1ccc(SC)c(Br)c1. The molecule has 1 aromatic carbocycles. The fraction of sp³-hybridized carbons (Fsp3) is 0.273. The van der Waals surface area contributed by atoms with Gasteiger partial charge < -0.3 is 4.74 Å². The van der Waals surface area contributed by atoms with Crippen LogP contribution in [0.5, 0.6) is 0 Å². The van der Waals surface area contributed by atoms with Gasteiger partial charge in [-0.05, 0) is 47.3 Å². The molecule has 0 fully saturated rings. The number of ether oxygens (including phenoxy) is 1.